The fourth-order valence-corrected chi connectivity index (χ4v) is 5.33. The minimum atomic E-state index is -4.78. The molecular formula is C24H20F4N6O2S. The molecule has 0 amide bonds. The van der Waals surface area contributed by atoms with Gasteiger partial charge in [0.2, 0.25) is 16.0 Å². The van der Waals surface area contributed by atoms with E-state index in [1.807, 2.05) is 0 Å². The first-order valence-electron chi connectivity index (χ1n) is 11.0. The van der Waals surface area contributed by atoms with Crippen molar-refractivity contribution in [2.24, 2.45) is 0 Å². The van der Waals surface area contributed by atoms with Crippen LogP contribution in [-0.4, -0.2) is 40.2 Å². The summed E-state index contributed by atoms with van der Waals surface area (Å²) in [5.41, 5.74) is 1.09. The molecule has 0 bridgehead atoms. The number of hydrogen-bond acceptors (Lipinski definition) is 6. The van der Waals surface area contributed by atoms with Gasteiger partial charge in [0.15, 0.2) is 0 Å². The standard InChI is InChI=1S/C24H20F4N6O2S/c1-4-15-10-20-16(11-18(15)25)17(12-29)22(34(20)23-30-8-5-9-31-23)19-6-7-21(13(2)32-19)37(35,36)33-14(3)24(26,27)28/h5-11,14,33H,4H2,1-3H3. The van der Waals surface area contributed by atoms with Crippen molar-refractivity contribution in [1.29, 1.82) is 5.26 Å². The Bertz CT molecular complexity index is 1640. The molecule has 37 heavy (non-hydrogen) atoms. The molecule has 0 fully saturated rings. The number of pyridine rings is 1. The molecule has 4 rings (SSSR count). The summed E-state index contributed by atoms with van der Waals surface area (Å²) in [6.45, 7) is 3.79. The van der Waals surface area contributed by atoms with Gasteiger partial charge in [0.1, 0.15) is 22.8 Å². The summed E-state index contributed by atoms with van der Waals surface area (Å²) in [4.78, 5) is 12.4. The van der Waals surface area contributed by atoms with E-state index < -0.39 is 33.0 Å². The van der Waals surface area contributed by atoms with E-state index in [1.165, 1.54) is 36.0 Å². The molecule has 0 spiro atoms. The van der Waals surface area contributed by atoms with Crippen LogP contribution in [0.2, 0.25) is 0 Å². The van der Waals surface area contributed by atoms with Crippen molar-refractivity contribution in [3.8, 4) is 23.4 Å². The molecule has 8 nitrogen and oxygen atoms in total. The lowest BCUT2D eigenvalue weighted by Crippen LogP contribution is -2.43. The number of nitriles is 1. The van der Waals surface area contributed by atoms with Gasteiger partial charge in [-0.1, -0.05) is 6.92 Å². The number of aromatic nitrogens is 4. The largest absolute Gasteiger partial charge is 0.404 e. The van der Waals surface area contributed by atoms with Crippen LogP contribution in [0.25, 0.3) is 28.2 Å². The molecule has 3 heterocycles. The molecule has 1 aromatic carbocycles. The lowest BCUT2D eigenvalue weighted by molar-refractivity contribution is -0.147. The maximum atomic E-state index is 14.7. The number of halogens is 4. The number of nitrogens with zero attached hydrogens (tertiary/aromatic N) is 5. The third-order valence-corrected chi connectivity index (χ3v) is 7.45. The fourth-order valence-electron chi connectivity index (χ4n) is 3.92. The van der Waals surface area contributed by atoms with Gasteiger partial charge in [0, 0.05) is 17.8 Å². The molecule has 0 radical (unpaired) electrons. The third-order valence-electron chi connectivity index (χ3n) is 5.77. The Morgan fingerprint density at radius 2 is 1.86 bits per heavy atom. The molecule has 0 saturated heterocycles. The van der Waals surface area contributed by atoms with Gasteiger partial charge in [-0.25, -0.2) is 22.8 Å². The van der Waals surface area contributed by atoms with Crippen molar-refractivity contribution in [2.45, 2.75) is 44.3 Å². The van der Waals surface area contributed by atoms with Crippen molar-refractivity contribution in [1.82, 2.24) is 24.2 Å². The third kappa shape index (κ3) is 4.77. The molecule has 0 aliphatic carbocycles. The van der Waals surface area contributed by atoms with Gasteiger partial charge in [0.25, 0.3) is 0 Å². The predicted octanol–water partition coefficient (Wildman–Crippen LogP) is 4.59. The second kappa shape index (κ2) is 9.53. The predicted molar refractivity (Wildman–Crippen MR) is 127 cm³/mol. The summed E-state index contributed by atoms with van der Waals surface area (Å²) in [6.07, 6.45) is -1.43. The van der Waals surface area contributed by atoms with Crippen LogP contribution in [0.4, 0.5) is 17.6 Å². The molecule has 3 aromatic heterocycles. The maximum absolute atomic E-state index is 14.7. The first kappa shape index (κ1) is 26.2. The zero-order chi connectivity index (χ0) is 27.1. The summed E-state index contributed by atoms with van der Waals surface area (Å²) in [5, 5.41) is 10.3. The van der Waals surface area contributed by atoms with E-state index in [9.17, 15) is 31.2 Å². The highest BCUT2D eigenvalue weighted by Crippen LogP contribution is 2.36. The van der Waals surface area contributed by atoms with E-state index >= 15 is 0 Å². The van der Waals surface area contributed by atoms with Crippen LogP contribution in [0.15, 0.2) is 47.6 Å². The van der Waals surface area contributed by atoms with Gasteiger partial charge in [0.05, 0.1) is 28.2 Å². The minimum Gasteiger partial charge on any atom is -0.275 e. The zero-order valence-corrected chi connectivity index (χ0v) is 20.6. The molecule has 4 aromatic rings. The number of sulfonamides is 1. The summed E-state index contributed by atoms with van der Waals surface area (Å²) in [5.74, 6) is -0.339. The van der Waals surface area contributed by atoms with Gasteiger partial charge in [-0.3, -0.25) is 9.55 Å². The lowest BCUT2D eigenvalue weighted by Gasteiger charge is -2.18. The van der Waals surface area contributed by atoms with Gasteiger partial charge < -0.3 is 0 Å². The molecule has 192 valence electrons. The second-order valence-electron chi connectivity index (χ2n) is 8.20. The molecule has 0 aliphatic heterocycles. The smallest absolute Gasteiger partial charge is 0.275 e. The van der Waals surface area contributed by atoms with Crippen LogP contribution < -0.4 is 4.72 Å². The van der Waals surface area contributed by atoms with Crippen LogP contribution in [0.5, 0.6) is 0 Å². The molecule has 1 atom stereocenters. The number of rotatable bonds is 6. The Morgan fingerprint density at radius 3 is 2.43 bits per heavy atom. The molecule has 13 heteroatoms. The summed E-state index contributed by atoms with van der Waals surface area (Å²) in [7, 11) is -4.57. The SMILES string of the molecule is CCc1cc2c(cc1F)c(C#N)c(-c1ccc(S(=O)(=O)NC(C)C(F)(F)F)c(C)n1)n2-c1ncccn1. The number of fused-ring (bicyclic) bond motifs is 1. The average Bonchev–Trinajstić information content (AvgIpc) is 3.15. The monoisotopic (exact) mass is 532 g/mol. The average molecular weight is 533 g/mol. The van der Waals surface area contributed by atoms with Crippen LogP contribution in [0, 0.1) is 24.1 Å². The van der Waals surface area contributed by atoms with E-state index in [1.54, 1.807) is 23.8 Å². The zero-order valence-electron chi connectivity index (χ0n) is 19.8. The Kier molecular flexibility index (Phi) is 6.74. The Hall–Kier alpha value is -3.89. The molecule has 1 N–H and O–H groups in total. The number of aryl methyl sites for hydroxylation is 2. The first-order chi connectivity index (χ1) is 17.4. The van der Waals surface area contributed by atoms with Crippen molar-refractivity contribution >= 4 is 20.9 Å². The van der Waals surface area contributed by atoms with Crippen LogP contribution in [-0.2, 0) is 16.4 Å². The lowest BCUT2D eigenvalue weighted by atomic mass is 10.1. The van der Waals surface area contributed by atoms with Gasteiger partial charge in [-0.05, 0) is 56.2 Å². The van der Waals surface area contributed by atoms with E-state index in [0.29, 0.717) is 24.4 Å². The fraction of sp³-hybridized carbons (Fsp3) is 0.250. The quantitative estimate of drug-likeness (QED) is 0.364. The Balaban J connectivity index is 1.96. The van der Waals surface area contributed by atoms with Crippen molar-refractivity contribution in [3.63, 3.8) is 0 Å². The first-order valence-corrected chi connectivity index (χ1v) is 12.5. The molecular weight excluding hydrogens is 512 g/mol. The van der Waals surface area contributed by atoms with Gasteiger partial charge in [-0.15, -0.1) is 0 Å². The topological polar surface area (TPSA) is 114 Å². The number of nitrogens with one attached hydrogen (secondary N) is 1. The van der Waals surface area contributed by atoms with Gasteiger partial charge >= 0.3 is 6.18 Å². The summed E-state index contributed by atoms with van der Waals surface area (Å²) in [6, 6.07) is 6.53. The molecule has 0 saturated carbocycles. The normalized spacial score (nSPS) is 13.0. The number of benzene rings is 1. The summed E-state index contributed by atoms with van der Waals surface area (Å²) < 4.78 is 81.9. The van der Waals surface area contributed by atoms with Crippen molar-refractivity contribution < 1.29 is 26.0 Å². The highest BCUT2D eigenvalue weighted by molar-refractivity contribution is 7.89. The van der Waals surface area contributed by atoms with E-state index in [0.717, 1.165) is 6.07 Å². The summed E-state index contributed by atoms with van der Waals surface area (Å²) >= 11 is 0. The second-order valence-corrected chi connectivity index (χ2v) is 9.88. The number of alkyl halides is 3. The van der Waals surface area contributed by atoms with Crippen molar-refractivity contribution in [2.75, 3.05) is 0 Å². The van der Waals surface area contributed by atoms with Crippen LogP contribution in [0.3, 0.4) is 0 Å². The van der Waals surface area contributed by atoms with E-state index in [-0.39, 0.29) is 34.0 Å². The van der Waals surface area contributed by atoms with Crippen LogP contribution >= 0.6 is 0 Å². The molecule has 1 unspecified atom stereocenters. The van der Waals surface area contributed by atoms with Crippen LogP contribution in [0.1, 0.15) is 30.7 Å². The minimum absolute atomic E-state index is 0.0512. The highest BCUT2D eigenvalue weighted by atomic mass is 32.2. The van der Waals surface area contributed by atoms with E-state index in [2.05, 4.69) is 21.0 Å². The maximum Gasteiger partial charge on any atom is 0.404 e. The van der Waals surface area contributed by atoms with Gasteiger partial charge in [-0.2, -0.15) is 23.2 Å². The van der Waals surface area contributed by atoms with Crippen molar-refractivity contribution in [3.05, 3.63) is 65.4 Å². The molecule has 0 aliphatic rings. The Labute approximate surface area is 209 Å². The Morgan fingerprint density at radius 1 is 1.19 bits per heavy atom. The highest BCUT2D eigenvalue weighted by Gasteiger charge is 2.39. The van der Waals surface area contributed by atoms with E-state index in [4.69, 9.17) is 0 Å². The number of hydrogen-bond donors (Lipinski definition) is 1.